The number of piperidine rings is 1. The highest BCUT2D eigenvalue weighted by Gasteiger charge is 2.33. The molecule has 6 nitrogen and oxygen atoms in total. The van der Waals surface area contributed by atoms with Crippen LogP contribution in [0, 0.1) is 5.92 Å². The highest BCUT2D eigenvalue weighted by Crippen LogP contribution is 2.32. The van der Waals surface area contributed by atoms with Gasteiger partial charge in [-0.15, -0.1) is 11.3 Å². The molecule has 1 N–H and O–H groups in total. The minimum absolute atomic E-state index is 0.141. The lowest BCUT2D eigenvalue weighted by atomic mass is 9.84. The van der Waals surface area contributed by atoms with Crippen molar-refractivity contribution in [1.29, 1.82) is 0 Å². The molecule has 0 atom stereocenters. The van der Waals surface area contributed by atoms with Crippen molar-refractivity contribution >= 4 is 66.4 Å². The van der Waals surface area contributed by atoms with Crippen LogP contribution in [-0.4, -0.2) is 44.5 Å². The number of hydrogen-bond donors (Lipinski definition) is 1. The second-order valence-electron chi connectivity index (χ2n) is 8.46. The lowest BCUT2D eigenvalue weighted by molar-refractivity contribution is -0.124. The fraction of sp³-hybridized carbons (Fsp3) is 0.500. The van der Waals surface area contributed by atoms with Gasteiger partial charge in [-0.25, -0.2) is 13.1 Å². The Morgan fingerprint density at radius 1 is 1.03 bits per heavy atom. The van der Waals surface area contributed by atoms with Crippen molar-refractivity contribution in [3.63, 3.8) is 0 Å². The van der Waals surface area contributed by atoms with Crippen LogP contribution in [0.3, 0.4) is 0 Å². The summed E-state index contributed by atoms with van der Waals surface area (Å²) in [5.41, 5.74) is 0. The van der Waals surface area contributed by atoms with Gasteiger partial charge in [0.25, 0.3) is 10.0 Å². The van der Waals surface area contributed by atoms with E-state index in [9.17, 15) is 13.2 Å². The van der Waals surface area contributed by atoms with Crippen LogP contribution in [0.5, 0.6) is 5.75 Å². The van der Waals surface area contributed by atoms with Crippen LogP contribution < -0.4 is 9.46 Å². The molecule has 1 aliphatic heterocycles. The number of nitrogens with zero attached hydrogens (tertiary/aromatic N) is 1. The van der Waals surface area contributed by atoms with Gasteiger partial charge in [0.1, 0.15) is 16.1 Å². The molecule has 2 aromatic rings. The number of carbonyl (C=O) groups excluding carboxylic acids is 1. The predicted molar refractivity (Wildman–Crippen MR) is 135 cm³/mol. The average molecular weight is 596 g/mol. The number of likely N-dealkylation sites (tertiary alicyclic amines) is 1. The van der Waals surface area contributed by atoms with Gasteiger partial charge in [0, 0.05) is 31.1 Å². The van der Waals surface area contributed by atoms with Crippen LogP contribution in [-0.2, 0) is 14.8 Å². The molecule has 0 bridgehead atoms. The Morgan fingerprint density at radius 3 is 2.33 bits per heavy atom. The topological polar surface area (TPSA) is 75.7 Å². The number of halogens is 3. The van der Waals surface area contributed by atoms with Gasteiger partial charge >= 0.3 is 0 Å². The molecule has 1 saturated carbocycles. The van der Waals surface area contributed by atoms with Crippen LogP contribution in [0.25, 0.3) is 0 Å². The Kier molecular flexibility index (Phi) is 8.29. The number of ether oxygens (including phenoxy) is 1. The molecular weight excluding hydrogens is 571 g/mol. The summed E-state index contributed by atoms with van der Waals surface area (Å²) < 4.78 is 34.1. The Bertz CT molecular complexity index is 1100. The highest BCUT2D eigenvalue weighted by molar-refractivity contribution is 9.11. The maximum atomic E-state index is 12.6. The molecule has 1 aromatic heterocycles. The van der Waals surface area contributed by atoms with Crippen LogP contribution in [0.2, 0.25) is 10.0 Å². The molecule has 1 aromatic carbocycles. The first kappa shape index (κ1) is 25.3. The van der Waals surface area contributed by atoms with Gasteiger partial charge in [-0.3, -0.25) is 4.79 Å². The maximum absolute atomic E-state index is 12.6. The van der Waals surface area contributed by atoms with Crippen molar-refractivity contribution in [3.8, 4) is 5.75 Å². The second kappa shape index (κ2) is 10.8. The van der Waals surface area contributed by atoms with E-state index in [1.165, 1.54) is 6.07 Å². The quantitative estimate of drug-likeness (QED) is 0.462. The number of benzene rings is 1. The number of hydrogen-bond acceptors (Lipinski definition) is 6. The number of rotatable bonds is 6. The molecule has 2 fully saturated rings. The standard InChI is InChI=1S/C22H25BrCl2N2O4S2/c23-20-7-8-21(32-20)33(29,30)26-22(28)14-1-3-15(4-2-14)27-11-9-16(10-12-27)31-17-5-6-18(24)19(25)13-17/h5-8,13-16H,1-4,9-12H2,(H,26,28). The Hall–Kier alpha value is -0.840. The van der Waals surface area contributed by atoms with Gasteiger partial charge in [0.05, 0.1) is 13.8 Å². The third-order valence-electron chi connectivity index (χ3n) is 6.30. The molecule has 33 heavy (non-hydrogen) atoms. The molecule has 2 heterocycles. The molecule has 11 heteroatoms. The second-order valence-corrected chi connectivity index (χ2v) is 13.6. The summed E-state index contributed by atoms with van der Waals surface area (Å²) in [7, 11) is -3.81. The van der Waals surface area contributed by atoms with Gasteiger partial charge in [-0.2, -0.15) is 0 Å². The smallest absolute Gasteiger partial charge is 0.273 e. The molecule has 4 rings (SSSR count). The summed E-state index contributed by atoms with van der Waals surface area (Å²) in [5, 5.41) is 1.00. The zero-order valence-corrected chi connectivity index (χ0v) is 22.5. The largest absolute Gasteiger partial charge is 0.490 e. The SMILES string of the molecule is O=C(NS(=O)(=O)c1ccc(Br)s1)C1CCC(N2CCC(Oc3ccc(Cl)c(Cl)c3)CC2)CC1. The molecule has 1 saturated heterocycles. The van der Waals surface area contributed by atoms with Crippen molar-refractivity contribution < 1.29 is 17.9 Å². The number of nitrogens with one attached hydrogen (secondary N) is 1. The molecule has 0 spiro atoms. The summed E-state index contributed by atoms with van der Waals surface area (Å²) in [4.78, 5) is 15.1. The zero-order chi connectivity index (χ0) is 23.6. The predicted octanol–water partition coefficient (Wildman–Crippen LogP) is 5.72. The zero-order valence-electron chi connectivity index (χ0n) is 17.8. The van der Waals surface area contributed by atoms with Gasteiger partial charge in [0.15, 0.2) is 0 Å². The van der Waals surface area contributed by atoms with E-state index in [1.807, 2.05) is 6.07 Å². The van der Waals surface area contributed by atoms with Crippen molar-refractivity contribution in [3.05, 3.63) is 44.2 Å². The first-order valence-electron chi connectivity index (χ1n) is 10.9. The van der Waals surface area contributed by atoms with Crippen LogP contribution in [0.15, 0.2) is 38.3 Å². The first-order valence-corrected chi connectivity index (χ1v) is 14.7. The van der Waals surface area contributed by atoms with Gasteiger partial charge < -0.3 is 9.64 Å². The summed E-state index contributed by atoms with van der Waals surface area (Å²) in [6.07, 6.45) is 5.16. The monoisotopic (exact) mass is 594 g/mol. The van der Waals surface area contributed by atoms with Crippen molar-refractivity contribution in [2.45, 2.75) is 54.9 Å². The van der Waals surface area contributed by atoms with E-state index in [2.05, 4.69) is 25.6 Å². The Labute approximate surface area is 216 Å². The van der Waals surface area contributed by atoms with Gasteiger partial charge in [0.2, 0.25) is 5.91 Å². The number of amides is 1. The van der Waals surface area contributed by atoms with Crippen molar-refractivity contribution in [2.24, 2.45) is 5.92 Å². The average Bonchev–Trinajstić information content (AvgIpc) is 3.24. The molecule has 180 valence electrons. The number of carbonyl (C=O) groups is 1. The minimum atomic E-state index is -3.81. The summed E-state index contributed by atoms with van der Waals surface area (Å²) >= 11 is 16.4. The Balaban J connectivity index is 1.22. The summed E-state index contributed by atoms with van der Waals surface area (Å²) in [6, 6.07) is 8.91. The third-order valence-corrected chi connectivity index (χ3v) is 10.5. The fourth-order valence-corrected chi connectivity index (χ4v) is 7.85. The lowest BCUT2D eigenvalue weighted by Gasteiger charge is -2.40. The van der Waals surface area contributed by atoms with E-state index in [1.54, 1.807) is 18.2 Å². The van der Waals surface area contributed by atoms with E-state index in [-0.39, 0.29) is 16.2 Å². The molecular formula is C22H25BrCl2N2O4S2. The van der Waals surface area contributed by atoms with Crippen molar-refractivity contribution in [1.82, 2.24) is 9.62 Å². The van der Waals surface area contributed by atoms with Gasteiger partial charge in [-0.05, 0) is 78.7 Å². The summed E-state index contributed by atoms with van der Waals surface area (Å²) in [5.74, 6) is 0.0703. The van der Waals surface area contributed by atoms with Crippen molar-refractivity contribution in [2.75, 3.05) is 13.1 Å². The van der Waals surface area contributed by atoms with E-state index in [4.69, 9.17) is 27.9 Å². The lowest BCUT2D eigenvalue weighted by Crippen LogP contribution is -2.46. The number of thiophene rings is 1. The highest BCUT2D eigenvalue weighted by atomic mass is 79.9. The van der Waals surface area contributed by atoms with E-state index in [0.29, 0.717) is 32.7 Å². The molecule has 0 unspecified atom stereocenters. The van der Waals surface area contributed by atoms with Crippen LogP contribution in [0.1, 0.15) is 38.5 Å². The first-order chi connectivity index (χ1) is 15.7. The Morgan fingerprint density at radius 2 is 1.73 bits per heavy atom. The summed E-state index contributed by atoms with van der Waals surface area (Å²) in [6.45, 7) is 1.88. The molecule has 1 amide bonds. The number of sulfonamides is 1. The van der Waals surface area contributed by atoms with E-state index in [0.717, 1.165) is 55.9 Å². The van der Waals surface area contributed by atoms with Crippen LogP contribution in [0.4, 0.5) is 0 Å². The molecule has 1 aliphatic carbocycles. The van der Waals surface area contributed by atoms with Crippen LogP contribution >= 0.6 is 50.5 Å². The molecule has 0 radical (unpaired) electrons. The van der Waals surface area contributed by atoms with E-state index >= 15 is 0 Å². The van der Waals surface area contributed by atoms with Gasteiger partial charge in [-0.1, -0.05) is 23.2 Å². The third kappa shape index (κ3) is 6.44. The van der Waals surface area contributed by atoms with E-state index < -0.39 is 15.9 Å². The minimum Gasteiger partial charge on any atom is -0.490 e. The fourth-order valence-electron chi connectivity index (χ4n) is 4.51. The normalized spacial score (nSPS) is 22.8. The maximum Gasteiger partial charge on any atom is 0.273 e. The molecule has 2 aliphatic rings.